The number of hydrogen-bond donors (Lipinski definition) is 1. The number of aromatic nitrogens is 5. The van der Waals surface area contributed by atoms with Crippen molar-refractivity contribution in [2.45, 2.75) is 24.0 Å². The van der Waals surface area contributed by atoms with Crippen LogP contribution in [0.2, 0.25) is 0 Å². The van der Waals surface area contributed by atoms with Gasteiger partial charge in [0.15, 0.2) is 0 Å². The molecule has 0 amide bonds. The van der Waals surface area contributed by atoms with Crippen molar-refractivity contribution in [2.75, 3.05) is 5.84 Å². The highest BCUT2D eigenvalue weighted by molar-refractivity contribution is 7.99. The molecule has 19 heavy (non-hydrogen) atoms. The number of nitrogens with two attached hydrogens (primary N) is 1. The quantitative estimate of drug-likeness (QED) is 0.565. The highest BCUT2D eigenvalue weighted by Gasteiger charge is 2.11. The molecule has 0 unspecified atom stereocenters. The fraction of sp³-hybridized carbons (Fsp3) is 0.167. The van der Waals surface area contributed by atoms with Gasteiger partial charge in [-0.2, -0.15) is 0 Å². The van der Waals surface area contributed by atoms with E-state index in [4.69, 9.17) is 5.84 Å². The normalized spacial score (nSPS) is 11.1. The highest BCUT2D eigenvalue weighted by Crippen LogP contribution is 2.29. The van der Waals surface area contributed by atoms with Gasteiger partial charge in [0.05, 0.1) is 5.52 Å². The van der Waals surface area contributed by atoms with Crippen LogP contribution in [-0.2, 0) is 0 Å². The predicted molar refractivity (Wildman–Crippen MR) is 73.3 cm³/mol. The second-order valence-electron chi connectivity index (χ2n) is 4.20. The predicted octanol–water partition coefficient (Wildman–Crippen LogP) is 1.70. The summed E-state index contributed by atoms with van der Waals surface area (Å²) in [6, 6.07) is 6.07. The van der Waals surface area contributed by atoms with E-state index < -0.39 is 0 Å². The number of rotatable bonds is 2. The molecule has 1 aromatic carbocycles. The first-order valence-electron chi connectivity index (χ1n) is 5.71. The molecular formula is C12H12N6S. The monoisotopic (exact) mass is 272 g/mol. The number of nitrogen functional groups attached to an aromatic ring is 1. The Kier molecular flexibility index (Phi) is 2.83. The van der Waals surface area contributed by atoms with Crippen molar-refractivity contribution in [3.05, 3.63) is 35.9 Å². The number of nitrogens with zero attached hydrogens (tertiary/aromatic N) is 5. The van der Waals surface area contributed by atoms with Gasteiger partial charge < -0.3 is 5.84 Å². The van der Waals surface area contributed by atoms with E-state index in [-0.39, 0.29) is 0 Å². The van der Waals surface area contributed by atoms with E-state index in [2.05, 4.69) is 26.2 Å². The zero-order valence-electron chi connectivity index (χ0n) is 10.5. The van der Waals surface area contributed by atoms with Crippen LogP contribution in [0.4, 0.5) is 0 Å². The third-order valence-electron chi connectivity index (χ3n) is 2.78. The van der Waals surface area contributed by atoms with E-state index in [1.807, 2.05) is 19.1 Å². The molecule has 6 nitrogen and oxygen atoms in total. The van der Waals surface area contributed by atoms with Crippen LogP contribution in [0.25, 0.3) is 10.9 Å². The number of fused-ring (bicyclic) bond motifs is 1. The van der Waals surface area contributed by atoms with Crippen LogP contribution in [0.1, 0.15) is 11.4 Å². The van der Waals surface area contributed by atoms with Crippen molar-refractivity contribution in [1.29, 1.82) is 0 Å². The Bertz CT molecular complexity index is 751. The smallest absolute Gasteiger partial charge is 0.216 e. The topological polar surface area (TPSA) is 82.5 Å². The van der Waals surface area contributed by atoms with Crippen LogP contribution >= 0.6 is 11.8 Å². The SMILES string of the molecule is Cc1ccc2ncnc(Sc3nnc(C)n3N)c2c1. The van der Waals surface area contributed by atoms with E-state index in [0.29, 0.717) is 11.0 Å². The van der Waals surface area contributed by atoms with Crippen molar-refractivity contribution in [1.82, 2.24) is 24.8 Å². The van der Waals surface area contributed by atoms with Gasteiger partial charge >= 0.3 is 0 Å². The average Bonchev–Trinajstić information content (AvgIpc) is 2.71. The van der Waals surface area contributed by atoms with Gasteiger partial charge in [0, 0.05) is 5.39 Å². The maximum atomic E-state index is 5.85. The lowest BCUT2D eigenvalue weighted by Crippen LogP contribution is -2.11. The van der Waals surface area contributed by atoms with Gasteiger partial charge in [-0.3, -0.25) is 0 Å². The number of aryl methyl sites for hydroxylation is 2. The van der Waals surface area contributed by atoms with Crippen molar-refractivity contribution in [2.24, 2.45) is 0 Å². The lowest BCUT2D eigenvalue weighted by atomic mass is 10.2. The van der Waals surface area contributed by atoms with Crippen LogP contribution in [0.15, 0.2) is 34.7 Å². The minimum atomic E-state index is 0.610. The zero-order chi connectivity index (χ0) is 13.4. The minimum absolute atomic E-state index is 0.610. The molecule has 0 saturated carbocycles. The standard InChI is InChI=1S/C12H12N6S/c1-7-3-4-10-9(5-7)11(15-6-14-10)19-12-17-16-8(2)18(12)13/h3-6H,13H2,1-2H3. The lowest BCUT2D eigenvalue weighted by molar-refractivity contribution is 0.824. The Labute approximate surface area is 114 Å². The van der Waals surface area contributed by atoms with E-state index >= 15 is 0 Å². The van der Waals surface area contributed by atoms with Gasteiger partial charge in [-0.05, 0) is 37.7 Å². The molecule has 96 valence electrons. The summed E-state index contributed by atoms with van der Waals surface area (Å²) in [6.07, 6.45) is 1.55. The van der Waals surface area contributed by atoms with E-state index in [9.17, 15) is 0 Å². The summed E-state index contributed by atoms with van der Waals surface area (Å²) < 4.78 is 1.45. The minimum Gasteiger partial charge on any atom is -0.336 e. The summed E-state index contributed by atoms with van der Waals surface area (Å²) in [5.74, 6) is 6.52. The third-order valence-corrected chi connectivity index (χ3v) is 3.76. The summed E-state index contributed by atoms with van der Waals surface area (Å²) in [5.41, 5.74) is 2.07. The molecule has 0 aliphatic carbocycles. The second-order valence-corrected chi connectivity index (χ2v) is 5.16. The molecule has 0 fully saturated rings. The van der Waals surface area contributed by atoms with Crippen molar-refractivity contribution < 1.29 is 0 Å². The Morgan fingerprint density at radius 1 is 1.16 bits per heavy atom. The Morgan fingerprint density at radius 3 is 2.74 bits per heavy atom. The first-order valence-corrected chi connectivity index (χ1v) is 6.53. The second kappa shape index (κ2) is 4.51. The third kappa shape index (κ3) is 2.12. The van der Waals surface area contributed by atoms with Crippen LogP contribution in [-0.4, -0.2) is 24.8 Å². The van der Waals surface area contributed by atoms with Crippen LogP contribution < -0.4 is 5.84 Å². The van der Waals surface area contributed by atoms with E-state index in [1.54, 1.807) is 13.3 Å². The molecule has 3 rings (SSSR count). The summed E-state index contributed by atoms with van der Waals surface area (Å²) in [6.45, 7) is 3.84. The molecule has 2 N–H and O–H groups in total. The average molecular weight is 272 g/mol. The van der Waals surface area contributed by atoms with Gasteiger partial charge in [-0.25, -0.2) is 14.6 Å². The van der Waals surface area contributed by atoms with Gasteiger partial charge in [0.2, 0.25) is 5.16 Å². The Morgan fingerprint density at radius 2 is 2.00 bits per heavy atom. The Hall–Kier alpha value is -2.15. The molecular weight excluding hydrogens is 260 g/mol. The summed E-state index contributed by atoms with van der Waals surface area (Å²) >= 11 is 1.39. The molecule has 0 aliphatic rings. The molecule has 3 aromatic rings. The Balaban J connectivity index is 2.10. The number of benzene rings is 1. The van der Waals surface area contributed by atoms with Crippen LogP contribution in [0.5, 0.6) is 0 Å². The highest BCUT2D eigenvalue weighted by atomic mass is 32.2. The molecule has 0 aliphatic heterocycles. The van der Waals surface area contributed by atoms with Crippen molar-refractivity contribution in [3.63, 3.8) is 0 Å². The van der Waals surface area contributed by atoms with E-state index in [1.165, 1.54) is 16.4 Å². The molecule has 0 saturated heterocycles. The molecule has 7 heteroatoms. The van der Waals surface area contributed by atoms with Gasteiger partial charge in [0.1, 0.15) is 17.2 Å². The van der Waals surface area contributed by atoms with Crippen LogP contribution in [0.3, 0.4) is 0 Å². The van der Waals surface area contributed by atoms with Gasteiger partial charge in [-0.1, -0.05) is 11.6 Å². The summed E-state index contributed by atoms with van der Waals surface area (Å²) in [4.78, 5) is 8.56. The molecule has 0 atom stereocenters. The van der Waals surface area contributed by atoms with Crippen molar-refractivity contribution in [3.8, 4) is 0 Å². The summed E-state index contributed by atoms with van der Waals surface area (Å²) in [5, 5.41) is 10.4. The molecule has 0 spiro atoms. The van der Waals surface area contributed by atoms with Crippen molar-refractivity contribution >= 4 is 22.7 Å². The fourth-order valence-electron chi connectivity index (χ4n) is 1.73. The maximum absolute atomic E-state index is 5.85. The largest absolute Gasteiger partial charge is 0.336 e. The molecule has 2 aromatic heterocycles. The van der Waals surface area contributed by atoms with Crippen LogP contribution in [0, 0.1) is 13.8 Å². The van der Waals surface area contributed by atoms with E-state index in [0.717, 1.165) is 21.5 Å². The van der Waals surface area contributed by atoms with Gasteiger partial charge in [0.25, 0.3) is 0 Å². The molecule has 0 bridgehead atoms. The van der Waals surface area contributed by atoms with Gasteiger partial charge in [-0.15, -0.1) is 10.2 Å². The maximum Gasteiger partial charge on any atom is 0.216 e. The fourth-order valence-corrected chi connectivity index (χ4v) is 2.59. The lowest BCUT2D eigenvalue weighted by Gasteiger charge is -2.05. The first-order chi connectivity index (χ1) is 9.15. The first kappa shape index (κ1) is 11.9. The molecule has 2 heterocycles. The zero-order valence-corrected chi connectivity index (χ0v) is 11.3. The molecule has 0 radical (unpaired) electrons. The number of hydrogen-bond acceptors (Lipinski definition) is 6. The summed E-state index contributed by atoms with van der Waals surface area (Å²) in [7, 11) is 0.